The first-order valence-corrected chi connectivity index (χ1v) is 9.59. The van der Waals surface area contributed by atoms with Gasteiger partial charge in [0, 0.05) is 23.9 Å². The number of aromatic nitrogens is 2. The van der Waals surface area contributed by atoms with Crippen molar-refractivity contribution >= 4 is 11.7 Å². The third-order valence-corrected chi connectivity index (χ3v) is 4.77. The van der Waals surface area contributed by atoms with Gasteiger partial charge in [0.1, 0.15) is 5.75 Å². The van der Waals surface area contributed by atoms with Gasteiger partial charge in [0.05, 0.1) is 19.0 Å². The third-order valence-electron chi connectivity index (χ3n) is 4.77. The van der Waals surface area contributed by atoms with Crippen LogP contribution >= 0.6 is 0 Å². The second kappa shape index (κ2) is 8.96. The van der Waals surface area contributed by atoms with E-state index in [-0.39, 0.29) is 6.03 Å². The van der Waals surface area contributed by atoms with Crippen molar-refractivity contribution in [1.29, 1.82) is 0 Å². The first kappa shape index (κ1) is 19.3. The number of aromatic amines is 1. The largest absolute Gasteiger partial charge is 0.497 e. The molecule has 0 aliphatic heterocycles. The summed E-state index contributed by atoms with van der Waals surface area (Å²) in [5.74, 6) is 0.760. The van der Waals surface area contributed by atoms with Gasteiger partial charge >= 0.3 is 6.03 Å². The van der Waals surface area contributed by atoms with Gasteiger partial charge in [-0.25, -0.2) is 4.79 Å². The van der Waals surface area contributed by atoms with E-state index < -0.39 is 0 Å². The normalized spacial score (nSPS) is 10.4. The van der Waals surface area contributed by atoms with E-state index in [4.69, 9.17) is 4.74 Å². The lowest BCUT2D eigenvalue weighted by Crippen LogP contribution is -2.28. The summed E-state index contributed by atoms with van der Waals surface area (Å²) in [7, 11) is 1.62. The Bertz CT molecular complexity index is 1130. The van der Waals surface area contributed by atoms with Crippen molar-refractivity contribution in [2.45, 2.75) is 6.54 Å². The first-order chi connectivity index (χ1) is 14.7. The molecule has 0 saturated heterocycles. The van der Waals surface area contributed by atoms with Gasteiger partial charge in [-0.15, -0.1) is 0 Å². The summed E-state index contributed by atoms with van der Waals surface area (Å²) >= 11 is 0. The Labute approximate surface area is 174 Å². The van der Waals surface area contributed by atoms with E-state index in [1.54, 1.807) is 13.3 Å². The highest BCUT2D eigenvalue weighted by Crippen LogP contribution is 2.32. The molecule has 150 valence electrons. The van der Waals surface area contributed by atoms with Gasteiger partial charge in [0.2, 0.25) is 0 Å². The summed E-state index contributed by atoms with van der Waals surface area (Å²) in [5.41, 5.74) is 5.66. The third kappa shape index (κ3) is 4.50. The monoisotopic (exact) mass is 398 g/mol. The number of H-pyrrole nitrogens is 1. The molecular weight excluding hydrogens is 376 g/mol. The smallest absolute Gasteiger partial charge is 0.319 e. The summed E-state index contributed by atoms with van der Waals surface area (Å²) in [6.07, 6.45) is 3.62. The minimum atomic E-state index is -0.272. The molecule has 6 nitrogen and oxygen atoms in total. The fraction of sp³-hybridized carbons (Fsp3) is 0.0833. The Hall–Kier alpha value is -4.06. The predicted molar refractivity (Wildman–Crippen MR) is 118 cm³/mol. The molecule has 6 heteroatoms. The molecular formula is C24H22N4O2. The average Bonchev–Trinajstić information content (AvgIpc) is 3.34. The molecule has 0 unspecified atom stereocenters. The number of nitrogens with one attached hydrogen (secondary N) is 3. The highest BCUT2D eigenvalue weighted by molar-refractivity contribution is 5.95. The maximum absolute atomic E-state index is 12.6. The zero-order chi connectivity index (χ0) is 20.8. The van der Waals surface area contributed by atoms with Crippen LogP contribution in [0.3, 0.4) is 0 Å². The van der Waals surface area contributed by atoms with E-state index >= 15 is 0 Å². The molecule has 0 aliphatic carbocycles. The van der Waals surface area contributed by atoms with Crippen molar-refractivity contribution in [3.8, 4) is 28.0 Å². The lowest BCUT2D eigenvalue weighted by Gasteiger charge is -2.14. The van der Waals surface area contributed by atoms with Crippen molar-refractivity contribution in [1.82, 2.24) is 15.5 Å². The van der Waals surface area contributed by atoms with Gasteiger partial charge in [-0.1, -0.05) is 48.5 Å². The number of methoxy groups -OCH3 is 1. The molecule has 0 spiro atoms. The molecule has 0 bridgehead atoms. The number of urea groups is 1. The Balaban J connectivity index is 1.54. The van der Waals surface area contributed by atoms with Crippen LogP contribution < -0.4 is 15.4 Å². The minimum absolute atomic E-state index is 0.272. The number of benzene rings is 3. The molecule has 0 aliphatic rings. The van der Waals surface area contributed by atoms with Crippen LogP contribution in [-0.4, -0.2) is 23.3 Å². The zero-order valence-corrected chi connectivity index (χ0v) is 16.6. The van der Waals surface area contributed by atoms with Crippen molar-refractivity contribution in [2.24, 2.45) is 0 Å². The fourth-order valence-electron chi connectivity index (χ4n) is 3.23. The van der Waals surface area contributed by atoms with Gasteiger partial charge < -0.3 is 15.4 Å². The lowest BCUT2D eigenvalue weighted by molar-refractivity contribution is 0.251. The van der Waals surface area contributed by atoms with Crippen molar-refractivity contribution in [3.05, 3.63) is 90.8 Å². The van der Waals surface area contributed by atoms with E-state index in [1.807, 2.05) is 72.9 Å². The number of hydrogen-bond donors (Lipinski definition) is 3. The highest BCUT2D eigenvalue weighted by atomic mass is 16.5. The van der Waals surface area contributed by atoms with Crippen LogP contribution in [0.1, 0.15) is 5.56 Å². The van der Waals surface area contributed by atoms with Gasteiger partial charge in [-0.2, -0.15) is 5.10 Å². The SMILES string of the molecule is COc1cccc(CNC(=O)Nc2ccc(-c3cn[nH]c3)cc2-c2ccccc2)c1. The molecule has 1 heterocycles. The summed E-state index contributed by atoms with van der Waals surface area (Å²) in [6.45, 7) is 0.400. The van der Waals surface area contributed by atoms with E-state index in [1.165, 1.54) is 0 Å². The fourth-order valence-corrected chi connectivity index (χ4v) is 3.23. The minimum Gasteiger partial charge on any atom is -0.497 e. The van der Waals surface area contributed by atoms with Crippen LogP contribution in [0.25, 0.3) is 22.3 Å². The second-order valence-electron chi connectivity index (χ2n) is 6.77. The number of ether oxygens (including phenoxy) is 1. The Kier molecular flexibility index (Phi) is 5.75. The van der Waals surface area contributed by atoms with Crippen LogP contribution in [0, 0.1) is 0 Å². The molecule has 0 atom stereocenters. The number of nitrogens with zero attached hydrogens (tertiary/aromatic N) is 1. The first-order valence-electron chi connectivity index (χ1n) is 9.59. The summed E-state index contributed by atoms with van der Waals surface area (Å²) in [5, 5.41) is 12.7. The molecule has 0 radical (unpaired) electrons. The number of hydrogen-bond acceptors (Lipinski definition) is 3. The van der Waals surface area contributed by atoms with Gasteiger partial charge in [-0.3, -0.25) is 5.10 Å². The van der Waals surface area contributed by atoms with Crippen molar-refractivity contribution in [2.75, 3.05) is 12.4 Å². The maximum Gasteiger partial charge on any atom is 0.319 e. The molecule has 2 amide bonds. The van der Waals surface area contributed by atoms with E-state index in [2.05, 4.69) is 26.9 Å². The topological polar surface area (TPSA) is 79.0 Å². The maximum atomic E-state index is 12.6. The van der Waals surface area contributed by atoms with Crippen LogP contribution in [0.15, 0.2) is 85.2 Å². The lowest BCUT2D eigenvalue weighted by atomic mass is 9.99. The van der Waals surface area contributed by atoms with Crippen LogP contribution in [0.4, 0.5) is 10.5 Å². The van der Waals surface area contributed by atoms with Crippen LogP contribution in [0.5, 0.6) is 5.75 Å². The van der Waals surface area contributed by atoms with Crippen molar-refractivity contribution in [3.63, 3.8) is 0 Å². The van der Waals surface area contributed by atoms with Gasteiger partial charge in [-0.05, 0) is 41.0 Å². The summed E-state index contributed by atoms with van der Waals surface area (Å²) < 4.78 is 5.23. The standard InChI is InChI=1S/C24H22N4O2/c1-30-21-9-5-6-17(12-21)14-25-24(29)28-23-11-10-19(20-15-26-27-16-20)13-22(23)18-7-3-2-4-8-18/h2-13,15-16H,14H2,1H3,(H,26,27)(H2,25,28,29). The number of rotatable bonds is 6. The number of carbonyl (C=O) groups is 1. The average molecular weight is 398 g/mol. The molecule has 0 fully saturated rings. The predicted octanol–water partition coefficient (Wildman–Crippen LogP) is 5.07. The molecule has 0 saturated carbocycles. The molecule has 3 aromatic carbocycles. The van der Waals surface area contributed by atoms with Gasteiger partial charge in [0.25, 0.3) is 0 Å². The number of anilines is 1. The summed E-state index contributed by atoms with van der Waals surface area (Å²) in [4.78, 5) is 12.6. The van der Waals surface area contributed by atoms with E-state index in [0.717, 1.165) is 39.3 Å². The molecule has 4 rings (SSSR count). The van der Waals surface area contributed by atoms with Gasteiger partial charge in [0.15, 0.2) is 0 Å². The summed E-state index contributed by atoms with van der Waals surface area (Å²) in [6, 6.07) is 23.2. The second-order valence-corrected chi connectivity index (χ2v) is 6.77. The van der Waals surface area contributed by atoms with Crippen molar-refractivity contribution < 1.29 is 9.53 Å². The Morgan fingerprint density at radius 3 is 2.60 bits per heavy atom. The molecule has 30 heavy (non-hydrogen) atoms. The number of carbonyl (C=O) groups excluding carboxylic acids is 1. The van der Waals surface area contributed by atoms with Crippen LogP contribution in [0.2, 0.25) is 0 Å². The van der Waals surface area contributed by atoms with E-state index in [0.29, 0.717) is 6.54 Å². The molecule has 1 aromatic heterocycles. The molecule has 3 N–H and O–H groups in total. The number of amides is 2. The quantitative estimate of drug-likeness (QED) is 0.424. The van der Waals surface area contributed by atoms with E-state index in [9.17, 15) is 4.79 Å². The highest BCUT2D eigenvalue weighted by Gasteiger charge is 2.11. The Morgan fingerprint density at radius 1 is 0.967 bits per heavy atom. The Morgan fingerprint density at radius 2 is 1.83 bits per heavy atom. The van der Waals surface area contributed by atoms with Crippen LogP contribution in [-0.2, 0) is 6.54 Å². The zero-order valence-electron chi connectivity index (χ0n) is 16.6. The molecule has 4 aromatic rings.